The zero-order valence-corrected chi connectivity index (χ0v) is 12.8. The van der Waals surface area contributed by atoms with Crippen molar-refractivity contribution in [2.24, 2.45) is 5.92 Å². The van der Waals surface area contributed by atoms with Gasteiger partial charge in [-0.05, 0) is 12.3 Å². The molecule has 1 atom stereocenters. The van der Waals surface area contributed by atoms with Crippen molar-refractivity contribution in [2.75, 3.05) is 26.8 Å². The van der Waals surface area contributed by atoms with E-state index in [2.05, 4.69) is 16.0 Å². The minimum absolute atomic E-state index is 0.124. The molecule has 0 saturated heterocycles. The third-order valence-electron chi connectivity index (χ3n) is 2.58. The third kappa shape index (κ3) is 10.6. The molecule has 0 radical (unpaired) electrons. The zero-order valence-electron chi connectivity index (χ0n) is 12.8. The Morgan fingerprint density at radius 3 is 2.33 bits per heavy atom. The van der Waals surface area contributed by atoms with Gasteiger partial charge in [0.25, 0.3) is 0 Å². The Bertz CT molecular complexity index is 347. The van der Waals surface area contributed by atoms with Crippen molar-refractivity contribution < 1.29 is 24.2 Å². The molecule has 0 heterocycles. The maximum atomic E-state index is 11.5. The van der Waals surface area contributed by atoms with Crippen LogP contribution in [0.15, 0.2) is 0 Å². The van der Waals surface area contributed by atoms with E-state index in [9.17, 15) is 14.4 Å². The highest BCUT2D eigenvalue weighted by molar-refractivity contribution is 5.83. The lowest BCUT2D eigenvalue weighted by molar-refractivity contribution is -0.139. The van der Waals surface area contributed by atoms with Crippen LogP contribution in [0.1, 0.15) is 26.7 Å². The first-order valence-corrected chi connectivity index (χ1v) is 6.89. The quantitative estimate of drug-likeness (QED) is 0.422. The highest BCUT2D eigenvalue weighted by Crippen LogP contribution is 2.04. The van der Waals surface area contributed by atoms with Crippen LogP contribution in [0.25, 0.3) is 0 Å². The van der Waals surface area contributed by atoms with Crippen molar-refractivity contribution in [3.8, 4) is 0 Å². The maximum absolute atomic E-state index is 11.5. The summed E-state index contributed by atoms with van der Waals surface area (Å²) in [6.45, 7) is 4.73. The molecule has 0 aromatic rings. The Morgan fingerprint density at radius 2 is 1.81 bits per heavy atom. The molecule has 0 aromatic carbocycles. The maximum Gasteiger partial charge on any atom is 0.326 e. The summed E-state index contributed by atoms with van der Waals surface area (Å²) in [5.74, 6) is -1.13. The number of carbonyl (C=O) groups excluding carboxylic acids is 2. The van der Waals surface area contributed by atoms with E-state index in [0.29, 0.717) is 19.6 Å². The first-order chi connectivity index (χ1) is 9.86. The number of carboxylic acids is 1. The van der Waals surface area contributed by atoms with E-state index in [1.807, 2.05) is 13.8 Å². The van der Waals surface area contributed by atoms with E-state index < -0.39 is 18.0 Å². The van der Waals surface area contributed by atoms with Gasteiger partial charge in [-0.2, -0.15) is 0 Å². The number of aliphatic carboxylic acids is 1. The van der Waals surface area contributed by atoms with Crippen molar-refractivity contribution in [2.45, 2.75) is 32.7 Å². The highest BCUT2D eigenvalue weighted by atomic mass is 16.5. The van der Waals surface area contributed by atoms with Crippen LogP contribution in [-0.4, -0.2) is 55.9 Å². The van der Waals surface area contributed by atoms with Crippen LogP contribution >= 0.6 is 0 Å². The molecule has 122 valence electrons. The lowest BCUT2D eigenvalue weighted by Crippen LogP contribution is -2.47. The molecular weight excluding hydrogens is 278 g/mol. The Morgan fingerprint density at radius 1 is 1.14 bits per heavy atom. The minimum atomic E-state index is -1.07. The number of hydrogen-bond donors (Lipinski definition) is 4. The molecule has 0 saturated carbocycles. The van der Waals surface area contributed by atoms with E-state index in [1.165, 1.54) is 7.11 Å². The summed E-state index contributed by atoms with van der Waals surface area (Å²) < 4.78 is 4.78. The first kappa shape index (κ1) is 19.2. The van der Waals surface area contributed by atoms with Gasteiger partial charge < -0.3 is 25.8 Å². The fourth-order valence-corrected chi connectivity index (χ4v) is 1.57. The van der Waals surface area contributed by atoms with Gasteiger partial charge in [-0.1, -0.05) is 13.8 Å². The first-order valence-electron chi connectivity index (χ1n) is 6.89. The van der Waals surface area contributed by atoms with Crippen LogP contribution in [-0.2, 0) is 14.3 Å². The normalized spacial score (nSPS) is 11.8. The summed E-state index contributed by atoms with van der Waals surface area (Å²) in [5.41, 5.74) is 0. The van der Waals surface area contributed by atoms with Crippen LogP contribution in [0.5, 0.6) is 0 Å². The number of carboxylic acid groups (broad SMARTS) is 1. The van der Waals surface area contributed by atoms with Crippen LogP contribution in [0.4, 0.5) is 4.79 Å². The fourth-order valence-electron chi connectivity index (χ4n) is 1.57. The molecule has 8 heteroatoms. The largest absolute Gasteiger partial charge is 0.480 e. The molecule has 0 aliphatic carbocycles. The second kappa shape index (κ2) is 10.9. The molecule has 0 unspecified atom stereocenters. The molecule has 4 N–H and O–H groups in total. The number of nitrogens with one attached hydrogen (secondary N) is 3. The van der Waals surface area contributed by atoms with Gasteiger partial charge in [-0.25, -0.2) is 9.59 Å². The van der Waals surface area contributed by atoms with E-state index in [4.69, 9.17) is 9.84 Å². The smallest absolute Gasteiger partial charge is 0.326 e. The molecule has 0 fully saturated rings. The summed E-state index contributed by atoms with van der Waals surface area (Å²) >= 11 is 0. The Labute approximate surface area is 124 Å². The number of ether oxygens (including phenoxy) is 1. The Balaban J connectivity index is 3.92. The molecule has 3 amide bonds. The number of urea groups is 1. The molecule has 0 aliphatic rings. The van der Waals surface area contributed by atoms with E-state index in [0.717, 1.165) is 0 Å². The Hall–Kier alpha value is -1.83. The number of hydrogen-bond acceptors (Lipinski definition) is 4. The average Bonchev–Trinajstić information content (AvgIpc) is 2.37. The van der Waals surface area contributed by atoms with Crippen LogP contribution < -0.4 is 16.0 Å². The molecule has 21 heavy (non-hydrogen) atoms. The molecule has 0 bridgehead atoms. The summed E-state index contributed by atoms with van der Waals surface area (Å²) in [7, 11) is 1.54. The summed E-state index contributed by atoms with van der Waals surface area (Å²) in [4.78, 5) is 33.9. The second-order valence-corrected chi connectivity index (χ2v) is 5.01. The van der Waals surface area contributed by atoms with E-state index in [1.54, 1.807) is 0 Å². The zero-order chi connectivity index (χ0) is 16.3. The van der Waals surface area contributed by atoms with Crippen LogP contribution in [0.2, 0.25) is 0 Å². The van der Waals surface area contributed by atoms with Crippen molar-refractivity contribution in [1.82, 2.24) is 16.0 Å². The van der Waals surface area contributed by atoms with E-state index >= 15 is 0 Å². The predicted octanol–water partition coefficient (Wildman–Crippen LogP) is -0.0624. The minimum Gasteiger partial charge on any atom is -0.480 e. The predicted molar refractivity (Wildman–Crippen MR) is 76.9 cm³/mol. The van der Waals surface area contributed by atoms with Crippen LogP contribution in [0.3, 0.4) is 0 Å². The van der Waals surface area contributed by atoms with Crippen molar-refractivity contribution >= 4 is 17.9 Å². The third-order valence-corrected chi connectivity index (χ3v) is 2.58. The van der Waals surface area contributed by atoms with Crippen molar-refractivity contribution in [3.63, 3.8) is 0 Å². The molecule has 0 aliphatic heterocycles. The monoisotopic (exact) mass is 303 g/mol. The standard InChI is InChI=1S/C13H25N3O5/c1-9(2)8-10(12(18)19)16-13(20)15-5-4-11(17)14-6-7-21-3/h9-10H,4-8H2,1-3H3,(H,14,17)(H,18,19)(H2,15,16,20)/t10-/m1/s1. The van der Waals surface area contributed by atoms with Gasteiger partial charge >= 0.3 is 12.0 Å². The lowest BCUT2D eigenvalue weighted by atomic mass is 10.0. The SMILES string of the molecule is COCCNC(=O)CCNC(=O)N[C@H](CC(C)C)C(=O)O. The number of carbonyl (C=O) groups is 3. The molecule has 8 nitrogen and oxygen atoms in total. The van der Waals surface area contributed by atoms with Gasteiger partial charge in [0.1, 0.15) is 6.04 Å². The summed E-state index contributed by atoms with van der Waals surface area (Å²) in [6.07, 6.45) is 0.472. The topological polar surface area (TPSA) is 117 Å². The van der Waals surface area contributed by atoms with Gasteiger partial charge in [-0.15, -0.1) is 0 Å². The highest BCUT2D eigenvalue weighted by Gasteiger charge is 2.20. The number of methoxy groups -OCH3 is 1. The van der Waals surface area contributed by atoms with Gasteiger partial charge in [0.05, 0.1) is 6.61 Å². The van der Waals surface area contributed by atoms with Crippen molar-refractivity contribution in [3.05, 3.63) is 0 Å². The molecule has 0 rings (SSSR count). The van der Waals surface area contributed by atoms with Crippen LogP contribution in [0, 0.1) is 5.92 Å². The molecule has 0 spiro atoms. The number of amides is 3. The summed E-state index contributed by atoms with van der Waals surface area (Å²) in [6, 6.07) is -1.52. The van der Waals surface area contributed by atoms with E-state index in [-0.39, 0.29) is 24.8 Å². The lowest BCUT2D eigenvalue weighted by Gasteiger charge is -2.16. The Kier molecular flexibility index (Phi) is 9.95. The van der Waals surface area contributed by atoms with Gasteiger partial charge in [0.2, 0.25) is 5.91 Å². The molecule has 0 aromatic heterocycles. The van der Waals surface area contributed by atoms with Gasteiger partial charge in [-0.3, -0.25) is 4.79 Å². The number of rotatable bonds is 10. The summed E-state index contributed by atoms with van der Waals surface area (Å²) in [5, 5.41) is 16.4. The second-order valence-electron chi connectivity index (χ2n) is 5.01. The van der Waals surface area contributed by atoms with Gasteiger partial charge in [0.15, 0.2) is 0 Å². The molecular formula is C13H25N3O5. The fraction of sp³-hybridized carbons (Fsp3) is 0.769. The van der Waals surface area contributed by atoms with Gasteiger partial charge in [0, 0.05) is 26.6 Å². The van der Waals surface area contributed by atoms with Crippen molar-refractivity contribution in [1.29, 1.82) is 0 Å². The average molecular weight is 303 g/mol.